The molecule has 2 aliphatic rings. The van der Waals surface area contributed by atoms with Crippen LogP contribution in [0, 0.1) is 35.5 Å². The van der Waals surface area contributed by atoms with Gasteiger partial charge in [0.25, 0.3) is 0 Å². The molecular weight excluding hydrogens is 421 g/mol. The number of nitrogens with zero attached hydrogens (tertiary/aromatic N) is 1. The van der Waals surface area contributed by atoms with Crippen molar-refractivity contribution in [3.8, 4) is 0 Å². The quantitative estimate of drug-likeness (QED) is 0.410. The molecule has 8 atom stereocenters. The summed E-state index contributed by atoms with van der Waals surface area (Å²) < 4.78 is 27.4. The van der Waals surface area contributed by atoms with E-state index in [1.54, 1.807) is 24.5 Å². The van der Waals surface area contributed by atoms with Crippen molar-refractivity contribution in [1.29, 1.82) is 0 Å². The number of hydrogen-bond acceptors (Lipinski definition) is 5. The van der Waals surface area contributed by atoms with Crippen molar-refractivity contribution in [2.24, 2.45) is 35.5 Å². The second-order valence-corrected chi connectivity index (χ2v) is 13.1. The molecule has 2 aliphatic carbocycles. The van der Waals surface area contributed by atoms with Crippen molar-refractivity contribution in [3.05, 3.63) is 30.1 Å². The zero-order valence-electron chi connectivity index (χ0n) is 20.8. The maximum atomic E-state index is 14.5. The van der Waals surface area contributed by atoms with Crippen LogP contribution in [0.5, 0.6) is 0 Å². The summed E-state index contributed by atoms with van der Waals surface area (Å²) in [7, 11) is -3.86. The molecule has 0 radical (unpaired) electrons. The van der Waals surface area contributed by atoms with Crippen LogP contribution in [0.3, 0.4) is 0 Å². The molecule has 32 heavy (non-hydrogen) atoms. The van der Waals surface area contributed by atoms with Crippen LogP contribution in [-0.2, 0) is 13.6 Å². The van der Waals surface area contributed by atoms with Crippen molar-refractivity contribution in [2.45, 2.75) is 98.1 Å². The Balaban J connectivity index is 1.92. The fourth-order valence-electron chi connectivity index (χ4n) is 5.70. The molecule has 1 N–H and O–H groups in total. The van der Waals surface area contributed by atoms with Gasteiger partial charge >= 0.3 is 7.60 Å². The van der Waals surface area contributed by atoms with Gasteiger partial charge in [0, 0.05) is 18.0 Å². The largest absolute Gasteiger partial charge is 0.376 e. The molecule has 182 valence electrons. The van der Waals surface area contributed by atoms with E-state index in [9.17, 15) is 9.67 Å². The fourth-order valence-corrected chi connectivity index (χ4v) is 7.74. The number of aliphatic hydroxyl groups excluding tert-OH is 1. The van der Waals surface area contributed by atoms with E-state index in [2.05, 4.69) is 46.5 Å². The second kappa shape index (κ2) is 11.1. The van der Waals surface area contributed by atoms with E-state index in [4.69, 9.17) is 9.05 Å². The van der Waals surface area contributed by atoms with Gasteiger partial charge in [-0.2, -0.15) is 0 Å². The molecule has 1 aromatic rings. The highest BCUT2D eigenvalue weighted by atomic mass is 31.2. The lowest BCUT2D eigenvalue weighted by molar-refractivity contribution is -0.0154. The minimum absolute atomic E-state index is 0.172. The Morgan fingerprint density at radius 3 is 1.84 bits per heavy atom. The Hall–Kier alpha value is -0.740. The SMILES string of the molecule is CC(C)[C@H]1CC[C@H](C)C[C@H]1OP(=O)(O[C@@H]1C[C@@H](C)CC[C@H]1C(C)C)[C@H](O)c1cccnc1. The van der Waals surface area contributed by atoms with Crippen molar-refractivity contribution in [2.75, 3.05) is 0 Å². The summed E-state index contributed by atoms with van der Waals surface area (Å²) >= 11 is 0. The third-order valence-electron chi connectivity index (χ3n) is 7.77. The normalized spacial score (nSPS) is 34.4. The molecule has 0 spiro atoms. The number of aliphatic hydroxyl groups is 1. The van der Waals surface area contributed by atoms with Crippen LogP contribution < -0.4 is 0 Å². The van der Waals surface area contributed by atoms with Gasteiger partial charge in [0.05, 0.1) is 12.2 Å². The van der Waals surface area contributed by atoms with E-state index < -0.39 is 13.4 Å². The van der Waals surface area contributed by atoms with Gasteiger partial charge in [-0.15, -0.1) is 0 Å². The summed E-state index contributed by atoms with van der Waals surface area (Å²) in [5, 5.41) is 11.3. The van der Waals surface area contributed by atoms with Crippen molar-refractivity contribution >= 4 is 7.60 Å². The molecule has 0 aliphatic heterocycles. The molecule has 0 aromatic carbocycles. The molecular formula is C26H44NO4P. The summed E-state index contributed by atoms with van der Waals surface area (Å²) in [5.74, 6) is 1.18. The van der Waals surface area contributed by atoms with Gasteiger partial charge in [-0.05, 0) is 67.3 Å². The lowest BCUT2D eigenvalue weighted by atomic mass is 9.75. The van der Waals surface area contributed by atoms with E-state index >= 15 is 0 Å². The summed E-state index contributed by atoms with van der Waals surface area (Å²) in [4.78, 5) is 4.13. The molecule has 0 saturated heterocycles. The molecule has 0 amide bonds. The Kier molecular flexibility index (Phi) is 8.99. The first-order valence-corrected chi connectivity index (χ1v) is 14.3. The number of rotatable bonds is 8. The second-order valence-electron chi connectivity index (χ2n) is 11.1. The smallest absolute Gasteiger partial charge is 0.364 e. The van der Waals surface area contributed by atoms with Crippen molar-refractivity contribution in [1.82, 2.24) is 4.98 Å². The van der Waals surface area contributed by atoms with E-state index in [1.165, 1.54) is 0 Å². The summed E-state index contributed by atoms with van der Waals surface area (Å²) in [6.07, 6.45) is 9.01. The highest BCUT2D eigenvalue weighted by molar-refractivity contribution is 7.54. The first-order chi connectivity index (χ1) is 15.1. The van der Waals surface area contributed by atoms with Crippen LogP contribution in [0.4, 0.5) is 0 Å². The van der Waals surface area contributed by atoms with E-state index in [1.807, 2.05) is 0 Å². The first kappa shape index (κ1) is 25.9. The van der Waals surface area contributed by atoms with Crippen LogP contribution >= 0.6 is 7.60 Å². The molecule has 0 bridgehead atoms. The maximum Gasteiger partial charge on any atom is 0.364 e. The molecule has 1 unspecified atom stereocenters. The highest BCUT2D eigenvalue weighted by Gasteiger charge is 2.46. The van der Waals surface area contributed by atoms with Crippen LogP contribution in [-0.4, -0.2) is 22.3 Å². The standard InChI is InChI=1S/C26H44NO4P/c1-17(2)22-11-9-19(5)14-24(22)30-32(29,26(28)21-8-7-13-27-16-21)31-25-15-20(6)10-12-23(25)18(3)4/h7-8,13,16-20,22-26,28H,9-12,14-15H2,1-6H3/t19-,20-,22-,23+,24+,25+,26-,32?/m0/s1. The zero-order chi connectivity index (χ0) is 23.5. The Morgan fingerprint density at radius 2 is 1.44 bits per heavy atom. The molecule has 3 rings (SSSR count). The first-order valence-electron chi connectivity index (χ1n) is 12.6. The lowest BCUT2D eigenvalue weighted by Crippen LogP contribution is -2.37. The lowest BCUT2D eigenvalue weighted by Gasteiger charge is -2.42. The third kappa shape index (κ3) is 6.23. The number of hydrogen-bond donors (Lipinski definition) is 1. The minimum atomic E-state index is -3.86. The average molecular weight is 466 g/mol. The van der Waals surface area contributed by atoms with Gasteiger partial charge in [-0.3, -0.25) is 9.55 Å². The van der Waals surface area contributed by atoms with Gasteiger partial charge in [0.1, 0.15) is 0 Å². The van der Waals surface area contributed by atoms with Crippen LogP contribution in [0.15, 0.2) is 24.5 Å². The van der Waals surface area contributed by atoms with Gasteiger partial charge in [0.15, 0.2) is 5.85 Å². The summed E-state index contributed by atoms with van der Waals surface area (Å²) in [5.41, 5.74) is 0.491. The fraction of sp³-hybridized carbons (Fsp3) is 0.808. The van der Waals surface area contributed by atoms with Gasteiger partial charge in [-0.25, -0.2) is 0 Å². The Labute approximate surface area is 195 Å². The van der Waals surface area contributed by atoms with Crippen molar-refractivity contribution in [3.63, 3.8) is 0 Å². The van der Waals surface area contributed by atoms with E-state index in [-0.39, 0.29) is 12.2 Å². The average Bonchev–Trinajstić information content (AvgIpc) is 2.73. The molecule has 5 nitrogen and oxygen atoms in total. The molecule has 1 aromatic heterocycles. The Bertz CT molecular complexity index is 717. The number of pyridine rings is 1. The third-order valence-corrected chi connectivity index (χ3v) is 9.80. The topological polar surface area (TPSA) is 68.7 Å². The van der Waals surface area contributed by atoms with Crippen LogP contribution in [0.25, 0.3) is 0 Å². The van der Waals surface area contributed by atoms with Crippen LogP contribution in [0.1, 0.15) is 91.5 Å². The predicted octanol–water partition coefficient (Wildman–Crippen LogP) is 7.22. The van der Waals surface area contributed by atoms with Crippen LogP contribution in [0.2, 0.25) is 0 Å². The van der Waals surface area contributed by atoms with Crippen molar-refractivity contribution < 1.29 is 18.7 Å². The molecule has 2 fully saturated rings. The minimum Gasteiger partial charge on any atom is -0.376 e. The molecule has 2 saturated carbocycles. The zero-order valence-corrected chi connectivity index (χ0v) is 21.7. The monoisotopic (exact) mass is 465 g/mol. The van der Waals surface area contributed by atoms with Gasteiger partial charge in [0.2, 0.25) is 0 Å². The van der Waals surface area contributed by atoms with Gasteiger partial charge < -0.3 is 14.2 Å². The highest BCUT2D eigenvalue weighted by Crippen LogP contribution is 2.64. The predicted molar refractivity (Wildman–Crippen MR) is 129 cm³/mol. The number of aromatic nitrogens is 1. The molecule has 1 heterocycles. The summed E-state index contributed by atoms with van der Waals surface area (Å²) in [6.45, 7) is 13.3. The van der Waals surface area contributed by atoms with Gasteiger partial charge in [-0.1, -0.05) is 60.5 Å². The molecule has 6 heteroatoms. The maximum absolute atomic E-state index is 14.5. The van der Waals surface area contributed by atoms with E-state index in [0.29, 0.717) is 41.1 Å². The summed E-state index contributed by atoms with van der Waals surface area (Å²) in [6, 6.07) is 3.51. The Morgan fingerprint density at radius 1 is 0.938 bits per heavy atom. The van der Waals surface area contributed by atoms with E-state index in [0.717, 1.165) is 38.5 Å².